The largest absolute Gasteiger partial charge is 0.493 e. The van der Waals surface area contributed by atoms with Crippen molar-refractivity contribution in [2.24, 2.45) is 5.10 Å². The maximum Gasteiger partial charge on any atom is 0.271 e. The molecule has 1 amide bonds. The van der Waals surface area contributed by atoms with Gasteiger partial charge in [0.2, 0.25) is 0 Å². The van der Waals surface area contributed by atoms with E-state index in [0.717, 1.165) is 5.56 Å². The van der Waals surface area contributed by atoms with Crippen LogP contribution in [0.4, 0.5) is 0 Å². The molecule has 1 N–H and O–H groups in total. The third-order valence-electron chi connectivity index (χ3n) is 3.44. The predicted molar refractivity (Wildman–Crippen MR) is 90.4 cm³/mol. The number of hydrogen-bond donors (Lipinski definition) is 1. The van der Waals surface area contributed by atoms with Crippen LogP contribution >= 0.6 is 0 Å². The highest BCUT2D eigenvalue weighted by atomic mass is 16.5. The molecule has 5 heteroatoms. The van der Waals surface area contributed by atoms with Gasteiger partial charge in [-0.05, 0) is 23.8 Å². The van der Waals surface area contributed by atoms with E-state index in [-0.39, 0.29) is 11.8 Å². The Kier molecular flexibility index (Phi) is 5.74. The molecule has 1 atom stereocenters. The van der Waals surface area contributed by atoms with Crippen molar-refractivity contribution >= 4 is 12.1 Å². The topological polar surface area (TPSA) is 59.9 Å². The minimum Gasteiger partial charge on any atom is -0.493 e. The number of nitrogens with one attached hydrogen (secondary N) is 1. The van der Waals surface area contributed by atoms with E-state index in [1.807, 2.05) is 37.3 Å². The van der Waals surface area contributed by atoms with Gasteiger partial charge in [-0.2, -0.15) is 5.10 Å². The molecular formula is C18H20N2O3. The molecule has 5 nitrogen and oxygen atoms in total. The van der Waals surface area contributed by atoms with E-state index >= 15 is 0 Å². The van der Waals surface area contributed by atoms with Crippen molar-refractivity contribution in [2.45, 2.75) is 12.8 Å². The molecule has 0 saturated heterocycles. The Bertz CT molecular complexity index is 684. The second kappa shape index (κ2) is 7.98. The van der Waals surface area contributed by atoms with E-state index in [9.17, 15) is 4.79 Å². The first kappa shape index (κ1) is 16.5. The Morgan fingerprint density at radius 1 is 1.09 bits per heavy atom. The van der Waals surface area contributed by atoms with E-state index in [1.54, 1.807) is 31.5 Å². The van der Waals surface area contributed by atoms with Gasteiger partial charge in [-0.15, -0.1) is 0 Å². The van der Waals surface area contributed by atoms with Gasteiger partial charge in [0.05, 0.1) is 14.2 Å². The molecule has 120 valence electrons. The third-order valence-corrected chi connectivity index (χ3v) is 3.44. The molecule has 23 heavy (non-hydrogen) atoms. The van der Waals surface area contributed by atoms with Gasteiger partial charge in [-0.1, -0.05) is 37.3 Å². The lowest BCUT2D eigenvalue weighted by Gasteiger charge is -2.09. The van der Waals surface area contributed by atoms with Gasteiger partial charge in [0.1, 0.15) is 0 Å². The number of carbonyl (C=O) groups excluding carboxylic acids is 1. The molecule has 0 bridgehead atoms. The minimum atomic E-state index is -0.303. The quantitative estimate of drug-likeness (QED) is 0.658. The van der Waals surface area contributed by atoms with Gasteiger partial charge in [0.25, 0.3) is 5.91 Å². The number of hydrazone groups is 1. The van der Waals surface area contributed by atoms with Crippen LogP contribution in [0.1, 0.15) is 28.8 Å². The van der Waals surface area contributed by atoms with Crippen molar-refractivity contribution < 1.29 is 14.3 Å². The standard InChI is InChI=1S/C18H20N2O3/c1-13(14-7-5-4-6-8-14)12-19-20-18(21)15-9-10-16(22-2)17(11-15)23-3/h4-13H,1-3H3,(H,20,21)/t13-/m1/s1. The summed E-state index contributed by atoms with van der Waals surface area (Å²) in [6, 6.07) is 14.9. The van der Waals surface area contributed by atoms with Crippen LogP contribution in [0.2, 0.25) is 0 Å². The summed E-state index contributed by atoms with van der Waals surface area (Å²) >= 11 is 0. The Balaban J connectivity index is 2.01. The van der Waals surface area contributed by atoms with Gasteiger partial charge < -0.3 is 9.47 Å². The zero-order valence-electron chi connectivity index (χ0n) is 13.4. The van der Waals surface area contributed by atoms with Gasteiger partial charge in [0.15, 0.2) is 11.5 Å². The molecule has 0 spiro atoms. The molecule has 2 aromatic carbocycles. The summed E-state index contributed by atoms with van der Waals surface area (Å²) < 4.78 is 10.3. The number of benzene rings is 2. The minimum absolute atomic E-state index is 0.113. The molecule has 0 aliphatic rings. The van der Waals surface area contributed by atoms with Gasteiger partial charge >= 0.3 is 0 Å². The number of hydrogen-bond acceptors (Lipinski definition) is 4. The monoisotopic (exact) mass is 312 g/mol. The fourth-order valence-electron chi connectivity index (χ4n) is 2.09. The van der Waals surface area contributed by atoms with E-state index in [2.05, 4.69) is 10.5 Å². The van der Waals surface area contributed by atoms with E-state index < -0.39 is 0 Å². The van der Waals surface area contributed by atoms with E-state index in [4.69, 9.17) is 9.47 Å². The summed E-state index contributed by atoms with van der Waals surface area (Å²) in [6.07, 6.45) is 1.70. The molecule has 0 aliphatic carbocycles. The maximum atomic E-state index is 12.1. The molecular weight excluding hydrogens is 292 g/mol. The summed E-state index contributed by atoms with van der Waals surface area (Å²) in [7, 11) is 3.08. The molecule has 0 fully saturated rings. The van der Waals surface area contributed by atoms with Crippen LogP contribution in [0.15, 0.2) is 53.6 Å². The van der Waals surface area contributed by atoms with E-state index in [0.29, 0.717) is 17.1 Å². The van der Waals surface area contributed by atoms with Gasteiger partial charge in [-0.3, -0.25) is 4.79 Å². The number of ether oxygens (including phenoxy) is 2. The smallest absolute Gasteiger partial charge is 0.271 e. The highest BCUT2D eigenvalue weighted by Gasteiger charge is 2.10. The zero-order valence-corrected chi connectivity index (χ0v) is 13.4. The number of methoxy groups -OCH3 is 2. The van der Waals surface area contributed by atoms with Crippen LogP contribution in [-0.2, 0) is 0 Å². The second-order valence-electron chi connectivity index (χ2n) is 4.99. The fourth-order valence-corrected chi connectivity index (χ4v) is 2.09. The van der Waals surface area contributed by atoms with Crippen molar-refractivity contribution in [3.63, 3.8) is 0 Å². The fraction of sp³-hybridized carbons (Fsp3) is 0.222. The Hall–Kier alpha value is -2.82. The molecule has 0 radical (unpaired) electrons. The summed E-state index contributed by atoms with van der Waals surface area (Å²) in [6.45, 7) is 2.02. The molecule has 0 saturated carbocycles. The summed E-state index contributed by atoms with van der Waals surface area (Å²) in [4.78, 5) is 12.1. The molecule has 0 heterocycles. The number of amides is 1. The lowest BCUT2D eigenvalue weighted by Crippen LogP contribution is -2.18. The average molecular weight is 312 g/mol. The van der Waals surface area contributed by atoms with Gasteiger partial charge in [-0.25, -0.2) is 5.43 Å². The van der Waals surface area contributed by atoms with Crippen LogP contribution in [0.3, 0.4) is 0 Å². The highest BCUT2D eigenvalue weighted by Crippen LogP contribution is 2.27. The van der Waals surface area contributed by atoms with Crippen molar-refractivity contribution in [3.8, 4) is 11.5 Å². The average Bonchev–Trinajstić information content (AvgIpc) is 2.61. The first-order valence-electron chi connectivity index (χ1n) is 7.26. The van der Waals surface area contributed by atoms with Crippen LogP contribution < -0.4 is 14.9 Å². The number of carbonyl (C=O) groups is 1. The second-order valence-corrected chi connectivity index (χ2v) is 4.99. The Morgan fingerprint density at radius 3 is 2.43 bits per heavy atom. The first-order valence-corrected chi connectivity index (χ1v) is 7.26. The number of rotatable bonds is 6. The van der Waals surface area contributed by atoms with Crippen molar-refractivity contribution in [3.05, 3.63) is 59.7 Å². The van der Waals surface area contributed by atoms with Crippen LogP contribution in [0, 0.1) is 0 Å². The van der Waals surface area contributed by atoms with Crippen LogP contribution in [-0.4, -0.2) is 26.3 Å². The Labute approximate surface area is 135 Å². The molecule has 2 rings (SSSR count). The normalized spacial score (nSPS) is 12.0. The van der Waals surface area contributed by atoms with E-state index in [1.165, 1.54) is 7.11 Å². The summed E-state index contributed by atoms with van der Waals surface area (Å²) in [5.41, 5.74) is 4.11. The summed E-state index contributed by atoms with van der Waals surface area (Å²) in [5.74, 6) is 0.886. The molecule has 0 aliphatic heterocycles. The van der Waals surface area contributed by atoms with Crippen LogP contribution in [0.5, 0.6) is 11.5 Å². The van der Waals surface area contributed by atoms with Crippen molar-refractivity contribution in [1.82, 2.24) is 5.43 Å². The molecule has 0 unspecified atom stereocenters. The SMILES string of the molecule is COc1ccc(C(=O)NN=C[C@@H](C)c2ccccc2)cc1OC. The van der Waals surface area contributed by atoms with Crippen molar-refractivity contribution in [1.29, 1.82) is 0 Å². The van der Waals surface area contributed by atoms with Crippen molar-refractivity contribution in [2.75, 3.05) is 14.2 Å². The predicted octanol–water partition coefficient (Wildman–Crippen LogP) is 3.22. The highest BCUT2D eigenvalue weighted by molar-refractivity contribution is 5.95. The number of nitrogens with zero attached hydrogens (tertiary/aromatic N) is 1. The third kappa shape index (κ3) is 4.32. The zero-order chi connectivity index (χ0) is 16.7. The summed E-state index contributed by atoms with van der Waals surface area (Å²) in [5, 5.41) is 4.03. The maximum absolute atomic E-state index is 12.1. The first-order chi connectivity index (χ1) is 11.2. The lowest BCUT2D eigenvalue weighted by atomic mass is 10.0. The Morgan fingerprint density at radius 2 is 1.78 bits per heavy atom. The molecule has 0 aromatic heterocycles. The van der Waals surface area contributed by atoms with Crippen LogP contribution in [0.25, 0.3) is 0 Å². The van der Waals surface area contributed by atoms with Gasteiger partial charge in [0, 0.05) is 17.7 Å². The molecule has 2 aromatic rings. The lowest BCUT2D eigenvalue weighted by molar-refractivity contribution is 0.0954.